The number of hydrogen-bond donors (Lipinski definition) is 0. The van der Waals surface area contributed by atoms with Crippen molar-refractivity contribution < 1.29 is 19.1 Å². The van der Waals surface area contributed by atoms with Gasteiger partial charge in [-0.1, -0.05) is 207 Å². The van der Waals surface area contributed by atoms with E-state index in [-0.39, 0.29) is 11.9 Å². The second-order valence-electron chi connectivity index (χ2n) is 18.6. The number of nitrogens with zero attached hydrogens (tertiary/aromatic N) is 1. The van der Waals surface area contributed by atoms with E-state index in [9.17, 15) is 9.59 Å². The van der Waals surface area contributed by atoms with Crippen molar-refractivity contribution in [2.45, 2.75) is 272 Å². The van der Waals surface area contributed by atoms with Gasteiger partial charge in [-0.2, -0.15) is 0 Å². The quantitative estimate of drug-likeness (QED) is 0.0454. The Morgan fingerprint density at radius 1 is 0.386 bits per heavy atom. The largest absolute Gasteiger partial charge is 0.466 e. The molecule has 1 aliphatic heterocycles. The van der Waals surface area contributed by atoms with Crippen LogP contribution in [0.2, 0.25) is 0 Å². The van der Waals surface area contributed by atoms with Crippen molar-refractivity contribution in [3.05, 3.63) is 0 Å². The molecular weight excluding hydrogens is 703 g/mol. The van der Waals surface area contributed by atoms with Gasteiger partial charge in [0.05, 0.1) is 13.2 Å². The molecule has 338 valence electrons. The van der Waals surface area contributed by atoms with E-state index in [0.717, 1.165) is 56.3 Å². The third kappa shape index (κ3) is 35.4. The zero-order chi connectivity index (χ0) is 41.3. The second kappa shape index (κ2) is 41.6. The number of carbonyl (C=O) groups is 2. The molecule has 1 fully saturated rings. The van der Waals surface area contributed by atoms with E-state index in [1.807, 2.05) is 0 Å². The SMILES string of the molecule is CCCCCC(CCCCC)CCOC(=O)CCCCCCCCCC(CCCCCCCCCC(=O)OCCC(CCCCC)CCCCC)CN1CCCC1. The fraction of sp³-hybridized carbons (Fsp3) is 0.962. The predicted molar refractivity (Wildman–Crippen MR) is 247 cm³/mol. The summed E-state index contributed by atoms with van der Waals surface area (Å²) in [6, 6.07) is 0. The summed E-state index contributed by atoms with van der Waals surface area (Å²) in [5.41, 5.74) is 0. The van der Waals surface area contributed by atoms with Gasteiger partial charge >= 0.3 is 11.9 Å². The highest BCUT2D eigenvalue weighted by atomic mass is 16.5. The van der Waals surface area contributed by atoms with Gasteiger partial charge in [0.2, 0.25) is 0 Å². The normalized spacial score (nSPS) is 13.5. The summed E-state index contributed by atoms with van der Waals surface area (Å²) in [5.74, 6) is 2.39. The fourth-order valence-corrected chi connectivity index (χ4v) is 9.25. The molecular formula is C52H101NO4. The fourth-order valence-electron chi connectivity index (χ4n) is 9.25. The average Bonchev–Trinajstić information content (AvgIpc) is 3.72. The Labute approximate surface area is 357 Å². The van der Waals surface area contributed by atoms with Gasteiger partial charge in [-0.25, -0.2) is 0 Å². The molecule has 0 spiro atoms. The molecule has 0 unspecified atom stereocenters. The van der Waals surface area contributed by atoms with E-state index in [0.29, 0.717) is 26.1 Å². The summed E-state index contributed by atoms with van der Waals surface area (Å²) in [6.45, 7) is 14.3. The first-order chi connectivity index (χ1) is 28.0. The van der Waals surface area contributed by atoms with Gasteiger partial charge in [-0.3, -0.25) is 9.59 Å². The molecule has 1 saturated heterocycles. The minimum Gasteiger partial charge on any atom is -0.466 e. The standard InChI is InChI=1S/C52H101NO4/c1-5-9-23-33-48(34-24-10-6-2)41-45-56-51(54)39-29-21-17-13-15-19-27-37-50(47-53-43-31-32-44-53)38-28-20-16-14-18-22-30-40-52(55)57-46-42-49(35-25-11-7-3)36-26-12-8-4/h48-50H,5-47H2,1-4H3. The molecule has 5 nitrogen and oxygen atoms in total. The van der Waals surface area contributed by atoms with Crippen LogP contribution in [0.5, 0.6) is 0 Å². The van der Waals surface area contributed by atoms with Crippen LogP contribution in [-0.2, 0) is 19.1 Å². The van der Waals surface area contributed by atoms with E-state index < -0.39 is 0 Å². The molecule has 57 heavy (non-hydrogen) atoms. The first-order valence-corrected chi connectivity index (χ1v) is 26.1. The monoisotopic (exact) mass is 804 g/mol. The Balaban J connectivity index is 2.09. The van der Waals surface area contributed by atoms with Crippen molar-refractivity contribution in [2.75, 3.05) is 32.8 Å². The third-order valence-electron chi connectivity index (χ3n) is 13.1. The van der Waals surface area contributed by atoms with Crippen LogP contribution in [0.15, 0.2) is 0 Å². The average molecular weight is 804 g/mol. The number of esters is 2. The van der Waals surface area contributed by atoms with Crippen molar-refractivity contribution in [3.8, 4) is 0 Å². The molecule has 0 saturated carbocycles. The summed E-state index contributed by atoms with van der Waals surface area (Å²) in [7, 11) is 0. The Bertz CT molecular complexity index is 777. The predicted octanol–water partition coefficient (Wildman–Crippen LogP) is 16.1. The first kappa shape index (κ1) is 53.9. The van der Waals surface area contributed by atoms with Gasteiger partial charge in [0.25, 0.3) is 0 Å². The molecule has 0 amide bonds. The number of rotatable bonds is 44. The number of hydrogen-bond acceptors (Lipinski definition) is 5. The lowest BCUT2D eigenvalue weighted by Crippen LogP contribution is -2.26. The van der Waals surface area contributed by atoms with Gasteiger partial charge in [-0.05, 0) is 82.2 Å². The second-order valence-corrected chi connectivity index (χ2v) is 18.6. The highest BCUT2D eigenvalue weighted by molar-refractivity contribution is 5.69. The van der Waals surface area contributed by atoms with E-state index in [1.54, 1.807) is 0 Å². The van der Waals surface area contributed by atoms with Gasteiger partial charge in [-0.15, -0.1) is 0 Å². The van der Waals surface area contributed by atoms with Gasteiger partial charge in [0.1, 0.15) is 0 Å². The van der Waals surface area contributed by atoms with Gasteiger partial charge < -0.3 is 14.4 Å². The highest BCUT2D eigenvalue weighted by Crippen LogP contribution is 2.24. The maximum absolute atomic E-state index is 12.3. The number of unbranched alkanes of at least 4 members (excludes halogenated alkanes) is 20. The zero-order valence-corrected chi connectivity index (χ0v) is 39.2. The molecule has 1 aliphatic rings. The molecule has 0 N–H and O–H groups in total. The maximum atomic E-state index is 12.3. The van der Waals surface area contributed by atoms with Crippen LogP contribution < -0.4 is 0 Å². The summed E-state index contributed by atoms with van der Waals surface area (Å²) in [5, 5.41) is 0. The Kier molecular flexibility index (Phi) is 39.4. The Morgan fingerprint density at radius 3 is 1.04 bits per heavy atom. The third-order valence-corrected chi connectivity index (χ3v) is 13.1. The summed E-state index contributed by atoms with van der Waals surface area (Å²) in [4.78, 5) is 27.4. The molecule has 0 atom stereocenters. The number of ether oxygens (including phenoxy) is 2. The van der Waals surface area contributed by atoms with Crippen LogP contribution in [0.4, 0.5) is 0 Å². The molecule has 0 aliphatic carbocycles. The summed E-state index contributed by atoms with van der Waals surface area (Å²) < 4.78 is 11.3. The van der Waals surface area contributed by atoms with Crippen LogP contribution in [0.3, 0.4) is 0 Å². The van der Waals surface area contributed by atoms with Crippen molar-refractivity contribution >= 4 is 11.9 Å². The Hall–Kier alpha value is -1.10. The van der Waals surface area contributed by atoms with Crippen molar-refractivity contribution in [1.82, 2.24) is 4.90 Å². The lowest BCUT2D eigenvalue weighted by Gasteiger charge is -2.23. The topological polar surface area (TPSA) is 55.8 Å². The van der Waals surface area contributed by atoms with E-state index in [4.69, 9.17) is 9.47 Å². The minimum atomic E-state index is 0.0265. The molecule has 5 heteroatoms. The van der Waals surface area contributed by atoms with Crippen LogP contribution in [-0.4, -0.2) is 49.7 Å². The van der Waals surface area contributed by atoms with Gasteiger partial charge in [0, 0.05) is 19.4 Å². The molecule has 0 aromatic carbocycles. The Morgan fingerprint density at radius 2 is 0.684 bits per heavy atom. The zero-order valence-electron chi connectivity index (χ0n) is 39.2. The molecule has 1 rings (SSSR count). The van der Waals surface area contributed by atoms with Crippen LogP contribution in [0.25, 0.3) is 0 Å². The minimum absolute atomic E-state index is 0.0265. The molecule has 0 bridgehead atoms. The summed E-state index contributed by atoms with van der Waals surface area (Å²) in [6.07, 6.45) is 47.4. The van der Waals surface area contributed by atoms with E-state index in [2.05, 4.69) is 32.6 Å². The van der Waals surface area contributed by atoms with Crippen molar-refractivity contribution in [2.24, 2.45) is 17.8 Å². The maximum Gasteiger partial charge on any atom is 0.305 e. The van der Waals surface area contributed by atoms with E-state index in [1.165, 1.54) is 212 Å². The van der Waals surface area contributed by atoms with Crippen LogP contribution in [0, 0.1) is 17.8 Å². The van der Waals surface area contributed by atoms with Crippen LogP contribution in [0.1, 0.15) is 272 Å². The first-order valence-electron chi connectivity index (χ1n) is 26.1. The smallest absolute Gasteiger partial charge is 0.305 e. The number of carbonyl (C=O) groups excluding carboxylic acids is 2. The number of likely N-dealkylation sites (tertiary alicyclic amines) is 1. The lowest BCUT2D eigenvalue weighted by atomic mass is 9.92. The van der Waals surface area contributed by atoms with Gasteiger partial charge in [0.15, 0.2) is 0 Å². The van der Waals surface area contributed by atoms with Crippen LogP contribution >= 0.6 is 0 Å². The van der Waals surface area contributed by atoms with Crippen molar-refractivity contribution in [1.29, 1.82) is 0 Å². The summed E-state index contributed by atoms with van der Waals surface area (Å²) >= 11 is 0. The van der Waals surface area contributed by atoms with E-state index >= 15 is 0 Å². The molecule has 1 heterocycles. The molecule has 0 aromatic heterocycles. The molecule has 0 aromatic rings. The lowest BCUT2D eigenvalue weighted by molar-refractivity contribution is -0.145. The highest BCUT2D eigenvalue weighted by Gasteiger charge is 2.18. The molecule has 0 radical (unpaired) electrons. The van der Waals surface area contributed by atoms with Crippen molar-refractivity contribution in [3.63, 3.8) is 0 Å².